The highest BCUT2D eigenvalue weighted by atomic mass is 19.4. The minimum absolute atomic E-state index is 0.0952. The second-order valence-electron chi connectivity index (χ2n) is 7.23. The van der Waals surface area contributed by atoms with Crippen molar-refractivity contribution in [2.24, 2.45) is 5.92 Å². The van der Waals surface area contributed by atoms with E-state index < -0.39 is 11.7 Å². The molecule has 1 aromatic rings. The monoisotopic (exact) mass is 383 g/mol. The van der Waals surface area contributed by atoms with Crippen molar-refractivity contribution in [3.05, 3.63) is 35.4 Å². The average Bonchev–Trinajstić information content (AvgIpc) is 2.67. The normalized spacial score (nSPS) is 22.0. The molecule has 3 rings (SSSR count). The maximum Gasteiger partial charge on any atom is 0.416 e. The van der Waals surface area contributed by atoms with E-state index in [-0.39, 0.29) is 29.3 Å². The van der Waals surface area contributed by atoms with Gasteiger partial charge < -0.3 is 15.1 Å². The van der Waals surface area contributed by atoms with Gasteiger partial charge in [-0.15, -0.1) is 0 Å². The number of hydrogen-bond acceptors (Lipinski definition) is 3. The number of piperazine rings is 1. The van der Waals surface area contributed by atoms with Gasteiger partial charge in [0.05, 0.1) is 5.56 Å². The van der Waals surface area contributed by atoms with E-state index in [1.54, 1.807) is 4.90 Å². The number of likely N-dealkylation sites (tertiary alicyclic amines) is 1. The van der Waals surface area contributed by atoms with Gasteiger partial charge in [0.15, 0.2) is 0 Å². The highest BCUT2D eigenvalue weighted by molar-refractivity contribution is 5.94. The Kier molecular flexibility index (Phi) is 5.74. The molecule has 0 aromatic heterocycles. The molecule has 0 unspecified atom stereocenters. The molecule has 1 aromatic carbocycles. The molecule has 1 atom stereocenters. The van der Waals surface area contributed by atoms with Crippen LogP contribution in [0.15, 0.2) is 24.3 Å². The molecule has 2 amide bonds. The van der Waals surface area contributed by atoms with Gasteiger partial charge >= 0.3 is 6.18 Å². The van der Waals surface area contributed by atoms with Crippen molar-refractivity contribution in [3.8, 4) is 0 Å². The number of amides is 2. The first kappa shape index (κ1) is 19.7. The molecule has 27 heavy (non-hydrogen) atoms. The van der Waals surface area contributed by atoms with E-state index >= 15 is 0 Å². The van der Waals surface area contributed by atoms with Crippen LogP contribution in [0.25, 0.3) is 0 Å². The number of rotatable bonds is 2. The van der Waals surface area contributed by atoms with Gasteiger partial charge in [0.1, 0.15) is 0 Å². The van der Waals surface area contributed by atoms with Crippen LogP contribution in [0.1, 0.15) is 35.7 Å². The Morgan fingerprint density at radius 1 is 1.07 bits per heavy atom. The topological polar surface area (TPSA) is 52.7 Å². The van der Waals surface area contributed by atoms with Crippen molar-refractivity contribution in [2.45, 2.75) is 32.0 Å². The first-order valence-corrected chi connectivity index (χ1v) is 9.25. The Bertz CT molecular complexity index is 682. The molecule has 2 heterocycles. The van der Waals surface area contributed by atoms with Crippen molar-refractivity contribution < 1.29 is 22.8 Å². The Labute approximate surface area is 156 Å². The molecule has 0 radical (unpaired) electrons. The minimum Gasteiger partial charge on any atom is -0.339 e. The van der Waals surface area contributed by atoms with E-state index in [1.165, 1.54) is 12.1 Å². The van der Waals surface area contributed by atoms with Crippen molar-refractivity contribution >= 4 is 11.8 Å². The van der Waals surface area contributed by atoms with Gasteiger partial charge in [0.25, 0.3) is 5.91 Å². The van der Waals surface area contributed by atoms with Gasteiger partial charge in [-0.2, -0.15) is 13.2 Å². The second kappa shape index (κ2) is 7.88. The summed E-state index contributed by atoms with van der Waals surface area (Å²) in [6.45, 7) is 5.18. The molecule has 2 fully saturated rings. The summed E-state index contributed by atoms with van der Waals surface area (Å²) in [6, 6.07) is 4.44. The van der Waals surface area contributed by atoms with E-state index in [0.29, 0.717) is 32.5 Å². The first-order valence-electron chi connectivity index (χ1n) is 9.25. The van der Waals surface area contributed by atoms with E-state index in [0.717, 1.165) is 25.2 Å². The molecule has 0 bridgehead atoms. The minimum atomic E-state index is -4.42. The number of carbonyl (C=O) groups excluding carboxylic acids is 2. The lowest BCUT2D eigenvalue weighted by atomic mass is 9.94. The highest BCUT2D eigenvalue weighted by Gasteiger charge is 2.34. The zero-order valence-corrected chi connectivity index (χ0v) is 15.3. The van der Waals surface area contributed by atoms with Crippen LogP contribution in [0.5, 0.6) is 0 Å². The van der Waals surface area contributed by atoms with Gasteiger partial charge in [-0.1, -0.05) is 0 Å². The number of nitrogens with one attached hydrogen (secondary N) is 1. The summed E-state index contributed by atoms with van der Waals surface area (Å²) in [5.41, 5.74) is -0.531. The molecule has 5 nitrogen and oxygen atoms in total. The van der Waals surface area contributed by atoms with Gasteiger partial charge in [0, 0.05) is 50.2 Å². The summed E-state index contributed by atoms with van der Waals surface area (Å²) in [5, 5.41) is 3.26. The standard InChI is InChI=1S/C19H24F3N3O2/c1-13-12-23-8-11-25(13)18(27)15-6-9-24(10-7-15)17(26)14-2-4-16(5-3-14)19(20,21)22/h2-5,13,15,23H,6-12H2,1H3/t13-/m0/s1. The number of hydrogen-bond donors (Lipinski definition) is 1. The highest BCUT2D eigenvalue weighted by Crippen LogP contribution is 2.29. The predicted octanol–water partition coefficient (Wildman–Crippen LogP) is 2.38. The Hall–Kier alpha value is -2.09. The van der Waals surface area contributed by atoms with Gasteiger partial charge in [-0.25, -0.2) is 0 Å². The van der Waals surface area contributed by atoms with Crippen LogP contribution in [-0.2, 0) is 11.0 Å². The molecule has 8 heteroatoms. The van der Waals surface area contributed by atoms with Crippen molar-refractivity contribution in [1.29, 1.82) is 0 Å². The SMILES string of the molecule is C[C@H]1CNCCN1C(=O)C1CCN(C(=O)c2ccc(C(F)(F)F)cc2)CC1. The van der Waals surface area contributed by atoms with Gasteiger partial charge in [-0.3, -0.25) is 9.59 Å². The van der Waals surface area contributed by atoms with Crippen LogP contribution in [0.3, 0.4) is 0 Å². The zero-order valence-electron chi connectivity index (χ0n) is 15.3. The van der Waals surface area contributed by atoms with Gasteiger partial charge in [0.2, 0.25) is 5.91 Å². The Balaban J connectivity index is 1.57. The van der Waals surface area contributed by atoms with E-state index in [9.17, 15) is 22.8 Å². The number of nitrogens with zero attached hydrogens (tertiary/aromatic N) is 2. The zero-order chi connectivity index (χ0) is 19.6. The second-order valence-corrected chi connectivity index (χ2v) is 7.23. The molecule has 0 aliphatic carbocycles. The largest absolute Gasteiger partial charge is 0.416 e. The Morgan fingerprint density at radius 2 is 1.70 bits per heavy atom. The number of benzene rings is 1. The summed E-state index contributed by atoms with van der Waals surface area (Å²) in [5.74, 6) is -0.238. The van der Waals surface area contributed by atoms with E-state index in [2.05, 4.69) is 5.32 Å². The number of piperidine rings is 1. The Morgan fingerprint density at radius 3 is 2.26 bits per heavy atom. The van der Waals surface area contributed by atoms with Crippen molar-refractivity contribution in [1.82, 2.24) is 15.1 Å². The maximum atomic E-state index is 12.7. The average molecular weight is 383 g/mol. The third-order valence-corrected chi connectivity index (χ3v) is 5.37. The third-order valence-electron chi connectivity index (χ3n) is 5.37. The smallest absolute Gasteiger partial charge is 0.339 e. The predicted molar refractivity (Wildman–Crippen MR) is 94.1 cm³/mol. The van der Waals surface area contributed by atoms with Crippen LogP contribution in [-0.4, -0.2) is 60.4 Å². The lowest BCUT2D eigenvalue weighted by Crippen LogP contribution is -2.55. The van der Waals surface area contributed by atoms with Gasteiger partial charge in [-0.05, 0) is 44.0 Å². The first-order chi connectivity index (χ1) is 12.8. The lowest BCUT2D eigenvalue weighted by Gasteiger charge is -2.39. The fourth-order valence-corrected chi connectivity index (χ4v) is 3.72. The van der Waals surface area contributed by atoms with Crippen molar-refractivity contribution in [2.75, 3.05) is 32.7 Å². The lowest BCUT2D eigenvalue weighted by molar-refractivity contribution is -0.140. The fraction of sp³-hybridized carbons (Fsp3) is 0.579. The summed E-state index contributed by atoms with van der Waals surface area (Å²) in [4.78, 5) is 28.8. The van der Waals surface area contributed by atoms with Crippen LogP contribution in [0.4, 0.5) is 13.2 Å². The molecule has 148 valence electrons. The summed E-state index contributed by atoms with van der Waals surface area (Å²) in [7, 11) is 0. The van der Waals surface area contributed by atoms with E-state index in [4.69, 9.17) is 0 Å². The number of halogens is 3. The molecule has 2 saturated heterocycles. The molecule has 2 aliphatic rings. The van der Waals surface area contributed by atoms with Crippen LogP contribution < -0.4 is 5.32 Å². The fourth-order valence-electron chi connectivity index (χ4n) is 3.72. The summed E-state index contributed by atoms with van der Waals surface area (Å²) in [6.07, 6.45) is -3.24. The maximum absolute atomic E-state index is 12.7. The summed E-state index contributed by atoms with van der Waals surface area (Å²) < 4.78 is 37.9. The molecule has 0 spiro atoms. The molecule has 1 N–H and O–H groups in total. The van der Waals surface area contributed by atoms with Crippen molar-refractivity contribution in [3.63, 3.8) is 0 Å². The summed E-state index contributed by atoms with van der Waals surface area (Å²) >= 11 is 0. The van der Waals surface area contributed by atoms with Crippen LogP contribution in [0, 0.1) is 5.92 Å². The van der Waals surface area contributed by atoms with Crippen LogP contribution in [0.2, 0.25) is 0 Å². The number of carbonyl (C=O) groups is 2. The number of alkyl halides is 3. The molecule has 2 aliphatic heterocycles. The molecular weight excluding hydrogens is 359 g/mol. The third kappa shape index (κ3) is 4.43. The van der Waals surface area contributed by atoms with E-state index in [1.807, 2.05) is 11.8 Å². The molecule has 0 saturated carbocycles. The molecular formula is C19H24F3N3O2. The van der Waals surface area contributed by atoms with Crippen LogP contribution >= 0.6 is 0 Å². The quantitative estimate of drug-likeness (QED) is 0.853.